The highest BCUT2D eigenvalue weighted by molar-refractivity contribution is 14.0. The Hall–Kier alpha value is -1.55. The molecule has 1 amide bonds. The SMILES string of the molecule is CN=C(NCCCOCC(C)C)NCCNC(=O)c1cccc(OC)c1.I. The molecule has 0 aliphatic carbocycles. The van der Waals surface area contributed by atoms with E-state index in [2.05, 4.69) is 34.8 Å². The standard InChI is InChI=1S/C19H32N4O3.HI/c1-15(2)14-26-12-6-9-22-19(20-3)23-11-10-21-18(24)16-7-5-8-17(13-16)25-4;/h5,7-8,13,15H,6,9-12,14H2,1-4H3,(H,21,24)(H2,20,22,23);1H. The molecule has 0 saturated carbocycles. The zero-order valence-electron chi connectivity index (χ0n) is 16.7. The highest BCUT2D eigenvalue weighted by Crippen LogP contribution is 2.12. The fourth-order valence-corrected chi connectivity index (χ4v) is 2.14. The first kappa shape index (κ1) is 25.4. The molecule has 1 aromatic carbocycles. The number of nitrogens with zero attached hydrogens (tertiary/aromatic N) is 1. The Morgan fingerprint density at radius 1 is 1.15 bits per heavy atom. The van der Waals surface area contributed by atoms with E-state index < -0.39 is 0 Å². The van der Waals surface area contributed by atoms with Crippen LogP contribution in [0.3, 0.4) is 0 Å². The van der Waals surface area contributed by atoms with Crippen LogP contribution in [0, 0.1) is 5.92 Å². The molecule has 0 aromatic heterocycles. The van der Waals surface area contributed by atoms with Crippen LogP contribution in [0.4, 0.5) is 0 Å². The molecule has 8 heteroatoms. The summed E-state index contributed by atoms with van der Waals surface area (Å²) in [5, 5.41) is 9.25. The summed E-state index contributed by atoms with van der Waals surface area (Å²) < 4.78 is 10.7. The highest BCUT2D eigenvalue weighted by atomic mass is 127. The Balaban J connectivity index is 0.00000676. The molecule has 27 heavy (non-hydrogen) atoms. The number of benzene rings is 1. The third kappa shape index (κ3) is 11.7. The second-order valence-electron chi connectivity index (χ2n) is 6.24. The Morgan fingerprint density at radius 3 is 2.52 bits per heavy atom. The van der Waals surface area contributed by atoms with E-state index in [9.17, 15) is 4.79 Å². The first-order valence-electron chi connectivity index (χ1n) is 9.01. The van der Waals surface area contributed by atoms with Crippen molar-refractivity contribution in [3.8, 4) is 5.75 Å². The number of carbonyl (C=O) groups excluding carboxylic acids is 1. The van der Waals surface area contributed by atoms with Gasteiger partial charge in [0.1, 0.15) is 5.75 Å². The van der Waals surface area contributed by atoms with Crippen LogP contribution in [-0.2, 0) is 4.74 Å². The van der Waals surface area contributed by atoms with Crippen LogP contribution >= 0.6 is 24.0 Å². The Kier molecular flexibility index (Phi) is 14.6. The molecule has 0 bridgehead atoms. The number of guanidine groups is 1. The third-order valence-electron chi connectivity index (χ3n) is 3.47. The molecule has 154 valence electrons. The zero-order valence-corrected chi connectivity index (χ0v) is 19.0. The van der Waals surface area contributed by atoms with E-state index in [1.54, 1.807) is 32.4 Å². The maximum Gasteiger partial charge on any atom is 0.251 e. The van der Waals surface area contributed by atoms with Gasteiger partial charge in [-0.05, 0) is 30.5 Å². The topological polar surface area (TPSA) is 84.0 Å². The number of methoxy groups -OCH3 is 1. The summed E-state index contributed by atoms with van der Waals surface area (Å²) in [7, 11) is 3.30. The van der Waals surface area contributed by atoms with E-state index in [-0.39, 0.29) is 29.9 Å². The Bertz CT molecular complexity index is 568. The number of aliphatic imine (C=N–C) groups is 1. The zero-order chi connectivity index (χ0) is 19.2. The number of nitrogens with one attached hydrogen (secondary N) is 3. The van der Waals surface area contributed by atoms with Gasteiger partial charge in [0.25, 0.3) is 5.91 Å². The van der Waals surface area contributed by atoms with Crippen molar-refractivity contribution in [1.82, 2.24) is 16.0 Å². The minimum absolute atomic E-state index is 0. The van der Waals surface area contributed by atoms with Crippen LogP contribution in [0.2, 0.25) is 0 Å². The average molecular weight is 492 g/mol. The molecule has 0 heterocycles. The molecule has 0 spiro atoms. The van der Waals surface area contributed by atoms with Crippen molar-refractivity contribution < 1.29 is 14.3 Å². The van der Waals surface area contributed by atoms with Crippen LogP contribution in [0.15, 0.2) is 29.3 Å². The average Bonchev–Trinajstić information content (AvgIpc) is 2.65. The predicted octanol–water partition coefficient (Wildman–Crippen LogP) is 2.27. The van der Waals surface area contributed by atoms with Gasteiger partial charge < -0.3 is 25.4 Å². The summed E-state index contributed by atoms with van der Waals surface area (Å²) in [4.78, 5) is 16.2. The second kappa shape index (κ2) is 15.5. The van der Waals surface area contributed by atoms with Gasteiger partial charge in [0.15, 0.2) is 5.96 Å². The first-order valence-corrected chi connectivity index (χ1v) is 9.01. The summed E-state index contributed by atoms with van der Waals surface area (Å²) in [5.41, 5.74) is 0.577. The Morgan fingerprint density at radius 2 is 1.85 bits per heavy atom. The van der Waals surface area contributed by atoms with Gasteiger partial charge in [-0.1, -0.05) is 19.9 Å². The fourth-order valence-electron chi connectivity index (χ4n) is 2.14. The van der Waals surface area contributed by atoms with Gasteiger partial charge in [-0.2, -0.15) is 0 Å². The molecule has 0 aliphatic heterocycles. The van der Waals surface area contributed by atoms with Gasteiger partial charge in [0.2, 0.25) is 0 Å². The number of amides is 1. The van der Waals surface area contributed by atoms with Crippen molar-refractivity contribution in [2.75, 3.05) is 47.0 Å². The molecule has 0 aliphatic rings. The van der Waals surface area contributed by atoms with Gasteiger partial charge in [-0.25, -0.2) is 0 Å². The lowest BCUT2D eigenvalue weighted by molar-refractivity contribution is 0.0954. The number of ether oxygens (including phenoxy) is 2. The molecule has 0 fully saturated rings. The van der Waals surface area contributed by atoms with Crippen LogP contribution in [0.25, 0.3) is 0 Å². The summed E-state index contributed by atoms with van der Waals surface area (Å²) in [6, 6.07) is 7.07. The molecule has 1 rings (SSSR count). The number of carbonyl (C=O) groups is 1. The van der Waals surface area contributed by atoms with E-state index in [4.69, 9.17) is 9.47 Å². The van der Waals surface area contributed by atoms with E-state index >= 15 is 0 Å². The molecule has 0 saturated heterocycles. The number of hydrogen-bond acceptors (Lipinski definition) is 4. The van der Waals surface area contributed by atoms with Gasteiger partial charge in [-0.3, -0.25) is 9.79 Å². The first-order chi connectivity index (χ1) is 12.6. The van der Waals surface area contributed by atoms with Crippen molar-refractivity contribution in [1.29, 1.82) is 0 Å². The van der Waals surface area contributed by atoms with Crippen LogP contribution < -0.4 is 20.7 Å². The maximum atomic E-state index is 12.1. The van der Waals surface area contributed by atoms with Crippen molar-refractivity contribution in [3.05, 3.63) is 29.8 Å². The quantitative estimate of drug-likeness (QED) is 0.191. The summed E-state index contributed by atoms with van der Waals surface area (Å²) in [5.74, 6) is 1.81. The predicted molar refractivity (Wildman–Crippen MR) is 120 cm³/mol. The smallest absolute Gasteiger partial charge is 0.251 e. The van der Waals surface area contributed by atoms with Gasteiger partial charge in [-0.15, -0.1) is 24.0 Å². The van der Waals surface area contributed by atoms with Crippen LogP contribution in [0.5, 0.6) is 5.75 Å². The fraction of sp³-hybridized carbons (Fsp3) is 0.579. The minimum atomic E-state index is -0.129. The molecule has 0 unspecified atom stereocenters. The highest BCUT2D eigenvalue weighted by Gasteiger charge is 2.06. The summed E-state index contributed by atoms with van der Waals surface area (Å²) >= 11 is 0. The van der Waals surface area contributed by atoms with Crippen LogP contribution in [-0.4, -0.2) is 58.9 Å². The van der Waals surface area contributed by atoms with Gasteiger partial charge >= 0.3 is 0 Å². The van der Waals surface area contributed by atoms with E-state index in [0.717, 1.165) is 26.2 Å². The normalized spacial score (nSPS) is 10.9. The van der Waals surface area contributed by atoms with Gasteiger partial charge in [0.05, 0.1) is 7.11 Å². The summed E-state index contributed by atoms with van der Waals surface area (Å²) in [6.45, 7) is 7.66. The van der Waals surface area contributed by atoms with Crippen molar-refractivity contribution in [2.24, 2.45) is 10.9 Å². The minimum Gasteiger partial charge on any atom is -0.497 e. The molecule has 1 aromatic rings. The number of rotatable bonds is 11. The molecule has 3 N–H and O–H groups in total. The van der Waals surface area contributed by atoms with Crippen molar-refractivity contribution >= 4 is 35.8 Å². The van der Waals surface area contributed by atoms with E-state index in [0.29, 0.717) is 36.3 Å². The lowest BCUT2D eigenvalue weighted by Gasteiger charge is -2.13. The van der Waals surface area contributed by atoms with E-state index in [1.807, 2.05) is 6.07 Å². The summed E-state index contributed by atoms with van der Waals surface area (Å²) in [6.07, 6.45) is 0.917. The monoisotopic (exact) mass is 492 g/mol. The number of halogens is 1. The maximum absolute atomic E-state index is 12.1. The lowest BCUT2D eigenvalue weighted by Crippen LogP contribution is -2.42. The van der Waals surface area contributed by atoms with E-state index in [1.165, 1.54) is 0 Å². The molecular formula is C19H33IN4O3. The molecular weight excluding hydrogens is 459 g/mol. The Labute approximate surface area is 179 Å². The molecule has 0 radical (unpaired) electrons. The van der Waals surface area contributed by atoms with Gasteiger partial charge in [0, 0.05) is 45.5 Å². The molecule has 7 nitrogen and oxygen atoms in total. The van der Waals surface area contributed by atoms with Crippen molar-refractivity contribution in [2.45, 2.75) is 20.3 Å². The lowest BCUT2D eigenvalue weighted by atomic mass is 10.2. The molecule has 0 atom stereocenters. The number of hydrogen-bond donors (Lipinski definition) is 3. The second-order valence-corrected chi connectivity index (χ2v) is 6.24. The van der Waals surface area contributed by atoms with Crippen LogP contribution in [0.1, 0.15) is 30.6 Å². The van der Waals surface area contributed by atoms with Crippen molar-refractivity contribution in [3.63, 3.8) is 0 Å². The third-order valence-corrected chi connectivity index (χ3v) is 3.47. The largest absolute Gasteiger partial charge is 0.497 e.